The number of benzene rings is 1. The molecule has 21 heavy (non-hydrogen) atoms. The summed E-state index contributed by atoms with van der Waals surface area (Å²) in [6.07, 6.45) is 3.08. The number of hydrogen-bond acceptors (Lipinski definition) is 4. The van der Waals surface area contributed by atoms with Gasteiger partial charge in [0.15, 0.2) is 0 Å². The van der Waals surface area contributed by atoms with Crippen molar-refractivity contribution in [2.45, 2.75) is 24.9 Å². The molecule has 0 bridgehead atoms. The Balaban J connectivity index is 1.82. The summed E-state index contributed by atoms with van der Waals surface area (Å²) in [6.45, 7) is 0.764. The molecule has 1 aliphatic heterocycles. The van der Waals surface area contributed by atoms with Crippen molar-refractivity contribution in [1.82, 2.24) is 4.90 Å². The molecule has 1 saturated heterocycles. The van der Waals surface area contributed by atoms with Gasteiger partial charge in [0.1, 0.15) is 11.8 Å². The summed E-state index contributed by atoms with van der Waals surface area (Å²) >= 11 is 0. The smallest absolute Gasteiger partial charge is 0.257 e. The SMILES string of the molecule is O=C(c1coc2ccccc12)N1CCC[C@](O)(CO)CC1. The second-order valence-corrected chi connectivity index (χ2v) is 5.67. The van der Waals surface area contributed by atoms with E-state index >= 15 is 0 Å². The van der Waals surface area contributed by atoms with Crippen LogP contribution in [0.1, 0.15) is 29.6 Å². The minimum Gasteiger partial charge on any atom is -0.463 e. The molecule has 1 aromatic heterocycles. The lowest BCUT2D eigenvalue weighted by Gasteiger charge is -2.24. The number of aliphatic hydroxyl groups excluding tert-OH is 1. The number of aliphatic hydroxyl groups is 2. The van der Waals surface area contributed by atoms with E-state index in [1.54, 1.807) is 4.90 Å². The lowest BCUT2D eigenvalue weighted by atomic mass is 9.96. The van der Waals surface area contributed by atoms with Crippen LogP contribution in [0.4, 0.5) is 0 Å². The van der Waals surface area contributed by atoms with Crippen molar-refractivity contribution in [2.24, 2.45) is 0 Å². The minimum atomic E-state index is -1.06. The molecule has 5 nitrogen and oxygen atoms in total. The van der Waals surface area contributed by atoms with E-state index in [0.29, 0.717) is 43.5 Å². The maximum atomic E-state index is 12.6. The molecule has 2 heterocycles. The monoisotopic (exact) mass is 289 g/mol. The summed E-state index contributed by atoms with van der Waals surface area (Å²) in [5.41, 5.74) is 0.190. The van der Waals surface area contributed by atoms with Crippen molar-refractivity contribution in [1.29, 1.82) is 0 Å². The summed E-state index contributed by atoms with van der Waals surface area (Å²) in [5.74, 6) is -0.0814. The van der Waals surface area contributed by atoms with E-state index in [4.69, 9.17) is 4.42 Å². The largest absolute Gasteiger partial charge is 0.463 e. The van der Waals surface area contributed by atoms with Crippen LogP contribution in [0.3, 0.4) is 0 Å². The minimum absolute atomic E-state index is 0.0814. The first-order valence-corrected chi connectivity index (χ1v) is 7.22. The maximum Gasteiger partial charge on any atom is 0.257 e. The van der Waals surface area contributed by atoms with Gasteiger partial charge in [-0.1, -0.05) is 18.2 Å². The summed E-state index contributed by atoms with van der Waals surface area (Å²) < 4.78 is 5.42. The summed E-state index contributed by atoms with van der Waals surface area (Å²) in [7, 11) is 0. The lowest BCUT2D eigenvalue weighted by molar-refractivity contribution is -0.0250. The Kier molecular flexibility index (Phi) is 3.69. The van der Waals surface area contributed by atoms with Gasteiger partial charge in [0.25, 0.3) is 5.91 Å². The number of amides is 1. The van der Waals surface area contributed by atoms with Crippen LogP contribution >= 0.6 is 0 Å². The van der Waals surface area contributed by atoms with E-state index in [9.17, 15) is 15.0 Å². The molecule has 0 saturated carbocycles. The predicted octanol–water partition coefficient (Wildman–Crippen LogP) is 1.78. The molecule has 2 aromatic rings. The van der Waals surface area contributed by atoms with Crippen molar-refractivity contribution in [3.05, 3.63) is 36.1 Å². The van der Waals surface area contributed by atoms with Crippen molar-refractivity contribution in [3.63, 3.8) is 0 Å². The molecule has 3 rings (SSSR count). The number of para-hydroxylation sites is 1. The standard InChI is InChI=1S/C16H19NO4/c18-11-16(20)6-3-8-17(9-7-16)15(19)13-10-21-14-5-2-1-4-12(13)14/h1-2,4-5,10,18,20H,3,6-9,11H2/t16-/m1/s1. The molecule has 0 radical (unpaired) electrons. The zero-order chi connectivity index (χ0) is 14.9. The third-order valence-corrected chi connectivity index (χ3v) is 4.21. The number of hydrogen-bond donors (Lipinski definition) is 2. The highest BCUT2D eigenvalue weighted by molar-refractivity contribution is 6.05. The van der Waals surface area contributed by atoms with Crippen LogP contribution in [0, 0.1) is 0 Å². The zero-order valence-electron chi connectivity index (χ0n) is 11.8. The first-order valence-electron chi connectivity index (χ1n) is 7.22. The third kappa shape index (κ3) is 2.66. The van der Waals surface area contributed by atoms with Crippen molar-refractivity contribution >= 4 is 16.9 Å². The molecule has 112 valence electrons. The van der Waals surface area contributed by atoms with Crippen LogP contribution in [0.25, 0.3) is 11.0 Å². The van der Waals surface area contributed by atoms with Gasteiger partial charge in [-0.3, -0.25) is 4.79 Å². The van der Waals surface area contributed by atoms with Crippen LogP contribution in [-0.4, -0.2) is 46.3 Å². The van der Waals surface area contributed by atoms with Gasteiger partial charge in [-0.2, -0.15) is 0 Å². The van der Waals surface area contributed by atoms with Crippen molar-refractivity contribution in [3.8, 4) is 0 Å². The molecule has 5 heteroatoms. The molecule has 0 aliphatic carbocycles. The van der Waals surface area contributed by atoms with Crippen LogP contribution < -0.4 is 0 Å². The van der Waals surface area contributed by atoms with Gasteiger partial charge in [0.2, 0.25) is 0 Å². The first kappa shape index (κ1) is 14.1. The zero-order valence-corrected chi connectivity index (χ0v) is 11.8. The fraction of sp³-hybridized carbons (Fsp3) is 0.438. The molecule has 2 N–H and O–H groups in total. The molecule has 1 aromatic carbocycles. The van der Waals surface area contributed by atoms with Gasteiger partial charge >= 0.3 is 0 Å². The highest BCUT2D eigenvalue weighted by atomic mass is 16.3. The Bertz CT molecular complexity index is 651. The van der Waals surface area contributed by atoms with Gasteiger partial charge in [0.05, 0.1) is 17.8 Å². The first-order chi connectivity index (χ1) is 10.1. The summed E-state index contributed by atoms with van der Waals surface area (Å²) in [6, 6.07) is 7.45. The number of carbonyl (C=O) groups is 1. The Morgan fingerprint density at radius 3 is 2.90 bits per heavy atom. The topological polar surface area (TPSA) is 73.9 Å². The van der Waals surface area contributed by atoms with Gasteiger partial charge in [-0.15, -0.1) is 0 Å². The normalized spacial score (nSPS) is 23.2. The Hall–Kier alpha value is -1.85. The molecule has 1 aliphatic rings. The fourth-order valence-electron chi connectivity index (χ4n) is 2.85. The van der Waals surface area contributed by atoms with Gasteiger partial charge < -0.3 is 19.5 Å². The van der Waals surface area contributed by atoms with E-state index in [0.717, 1.165) is 5.39 Å². The van der Waals surface area contributed by atoms with Crippen LogP contribution in [0.5, 0.6) is 0 Å². The van der Waals surface area contributed by atoms with E-state index in [1.807, 2.05) is 24.3 Å². The van der Waals surface area contributed by atoms with E-state index in [1.165, 1.54) is 6.26 Å². The van der Waals surface area contributed by atoms with E-state index in [2.05, 4.69) is 0 Å². The predicted molar refractivity (Wildman–Crippen MR) is 78.0 cm³/mol. The molecule has 1 atom stereocenters. The number of rotatable bonds is 2. The second-order valence-electron chi connectivity index (χ2n) is 5.67. The quantitative estimate of drug-likeness (QED) is 0.884. The maximum absolute atomic E-state index is 12.6. The second kappa shape index (κ2) is 5.50. The van der Waals surface area contributed by atoms with E-state index < -0.39 is 5.60 Å². The number of furan rings is 1. The molecule has 1 fully saturated rings. The average Bonchev–Trinajstić information content (AvgIpc) is 2.83. The summed E-state index contributed by atoms with van der Waals surface area (Å²) in [4.78, 5) is 14.4. The van der Waals surface area contributed by atoms with Crippen LogP contribution in [0.2, 0.25) is 0 Å². The Morgan fingerprint density at radius 1 is 1.29 bits per heavy atom. The highest BCUT2D eigenvalue weighted by Crippen LogP contribution is 2.26. The number of carbonyl (C=O) groups excluding carboxylic acids is 1. The van der Waals surface area contributed by atoms with Gasteiger partial charge in [-0.25, -0.2) is 0 Å². The molecular formula is C16H19NO4. The fourth-order valence-corrected chi connectivity index (χ4v) is 2.85. The van der Waals surface area contributed by atoms with Crippen LogP contribution in [0.15, 0.2) is 34.9 Å². The Morgan fingerprint density at radius 2 is 2.10 bits per heavy atom. The van der Waals surface area contributed by atoms with Crippen molar-refractivity contribution in [2.75, 3.05) is 19.7 Å². The Labute approximate surface area is 122 Å². The summed E-state index contributed by atoms with van der Waals surface area (Å²) in [5, 5.41) is 20.2. The van der Waals surface area contributed by atoms with E-state index in [-0.39, 0.29) is 12.5 Å². The lowest BCUT2D eigenvalue weighted by Crippen LogP contribution is -2.36. The van der Waals surface area contributed by atoms with Crippen LogP contribution in [-0.2, 0) is 0 Å². The molecular weight excluding hydrogens is 270 g/mol. The molecule has 1 amide bonds. The van der Waals surface area contributed by atoms with Gasteiger partial charge in [0, 0.05) is 18.5 Å². The average molecular weight is 289 g/mol. The number of likely N-dealkylation sites (tertiary alicyclic amines) is 1. The third-order valence-electron chi connectivity index (χ3n) is 4.21. The highest BCUT2D eigenvalue weighted by Gasteiger charge is 2.31. The number of nitrogens with zero attached hydrogens (tertiary/aromatic N) is 1. The van der Waals surface area contributed by atoms with Crippen molar-refractivity contribution < 1.29 is 19.4 Å². The number of fused-ring (bicyclic) bond motifs is 1. The van der Waals surface area contributed by atoms with Gasteiger partial charge in [-0.05, 0) is 25.3 Å². The molecule has 0 spiro atoms. The molecule has 0 unspecified atom stereocenters.